The third-order valence-electron chi connectivity index (χ3n) is 3.82. The zero-order valence-corrected chi connectivity index (χ0v) is 14.3. The van der Waals surface area contributed by atoms with E-state index >= 15 is 0 Å². The topological polar surface area (TPSA) is 54.5 Å². The van der Waals surface area contributed by atoms with Crippen LogP contribution in [0.5, 0.6) is 0 Å². The molecule has 2 aromatic heterocycles. The Morgan fingerprint density at radius 1 is 1.43 bits per heavy atom. The van der Waals surface area contributed by atoms with E-state index in [1.807, 2.05) is 29.6 Å². The summed E-state index contributed by atoms with van der Waals surface area (Å²) in [6.45, 7) is 0.518. The minimum absolute atomic E-state index is 0.0278. The Balaban J connectivity index is 1.89. The van der Waals surface area contributed by atoms with E-state index in [1.165, 1.54) is 12.0 Å². The average molecular weight is 347 g/mol. The van der Waals surface area contributed by atoms with Crippen molar-refractivity contribution in [2.45, 2.75) is 18.5 Å². The highest BCUT2D eigenvalue weighted by molar-refractivity contribution is 7.80. The second-order valence-electron chi connectivity index (χ2n) is 5.16. The van der Waals surface area contributed by atoms with Crippen LogP contribution >= 0.6 is 23.6 Å². The van der Waals surface area contributed by atoms with Gasteiger partial charge < -0.3 is 15.0 Å². The number of hydrogen-bond donors (Lipinski definition) is 1. The Bertz CT molecular complexity index is 676. The molecule has 1 saturated heterocycles. The number of nitrogens with one attached hydrogen (secondary N) is 1. The molecule has 0 amide bonds. The molecule has 1 aliphatic heterocycles. The molecule has 2 aromatic rings. The first-order valence-electron chi connectivity index (χ1n) is 7.29. The van der Waals surface area contributed by atoms with Crippen LogP contribution < -0.4 is 5.32 Å². The van der Waals surface area contributed by atoms with E-state index in [1.54, 1.807) is 17.5 Å². The number of hydrogen-bond acceptors (Lipinski definition) is 5. The molecule has 0 spiro atoms. The third-order valence-corrected chi connectivity index (χ3v) is 5.11. The van der Waals surface area contributed by atoms with Crippen molar-refractivity contribution in [3.8, 4) is 0 Å². The normalized spacial score (nSPS) is 20.4. The largest absolute Gasteiger partial charge is 0.469 e. The van der Waals surface area contributed by atoms with Crippen molar-refractivity contribution in [2.75, 3.05) is 13.7 Å². The second kappa shape index (κ2) is 7.06. The van der Waals surface area contributed by atoms with E-state index in [0.717, 1.165) is 5.69 Å². The summed E-state index contributed by atoms with van der Waals surface area (Å²) in [5, 5.41) is 6.04. The zero-order chi connectivity index (χ0) is 16.2. The number of carbonyl (C=O) groups excluding carboxylic acids is 1. The van der Waals surface area contributed by atoms with Crippen molar-refractivity contribution in [2.24, 2.45) is 0 Å². The molecule has 1 fully saturated rings. The molecule has 0 unspecified atom stereocenters. The number of pyridine rings is 1. The van der Waals surface area contributed by atoms with Crippen molar-refractivity contribution >= 4 is 34.6 Å². The van der Waals surface area contributed by atoms with Gasteiger partial charge in [0.05, 0.1) is 31.3 Å². The molecular weight excluding hydrogens is 330 g/mol. The third kappa shape index (κ3) is 3.35. The van der Waals surface area contributed by atoms with Crippen molar-refractivity contribution < 1.29 is 9.53 Å². The maximum absolute atomic E-state index is 11.5. The van der Waals surface area contributed by atoms with Gasteiger partial charge in [0.25, 0.3) is 0 Å². The smallest absolute Gasteiger partial charge is 0.307 e. The van der Waals surface area contributed by atoms with E-state index in [0.29, 0.717) is 18.1 Å². The first-order chi connectivity index (χ1) is 11.2. The SMILES string of the molecule is COC(=O)CCN1C(=S)N[C@@H](c2ccccn2)[C@@H]1c1cccs1. The maximum Gasteiger partial charge on any atom is 0.307 e. The first kappa shape index (κ1) is 15.9. The highest BCUT2D eigenvalue weighted by Gasteiger charge is 2.40. The molecule has 5 nitrogen and oxygen atoms in total. The quantitative estimate of drug-likeness (QED) is 0.663. The summed E-state index contributed by atoms with van der Waals surface area (Å²) in [5.74, 6) is -0.237. The van der Waals surface area contributed by atoms with Crippen molar-refractivity contribution in [1.29, 1.82) is 0 Å². The molecule has 0 aromatic carbocycles. The number of esters is 1. The fourth-order valence-electron chi connectivity index (χ4n) is 2.73. The molecule has 1 N–H and O–H groups in total. The summed E-state index contributed by atoms with van der Waals surface area (Å²) in [7, 11) is 1.40. The molecule has 0 saturated carbocycles. The maximum atomic E-state index is 11.5. The fourth-order valence-corrected chi connectivity index (χ4v) is 3.93. The van der Waals surface area contributed by atoms with E-state index < -0.39 is 0 Å². The van der Waals surface area contributed by atoms with Gasteiger partial charge in [0.2, 0.25) is 0 Å². The van der Waals surface area contributed by atoms with Gasteiger partial charge in [-0.25, -0.2) is 0 Å². The molecule has 3 rings (SSSR count). The Kier molecular flexibility index (Phi) is 4.88. The summed E-state index contributed by atoms with van der Waals surface area (Å²) in [5.41, 5.74) is 0.939. The summed E-state index contributed by atoms with van der Waals surface area (Å²) >= 11 is 7.18. The molecule has 120 valence electrons. The van der Waals surface area contributed by atoms with E-state index in [4.69, 9.17) is 17.0 Å². The lowest BCUT2D eigenvalue weighted by Gasteiger charge is -2.26. The van der Waals surface area contributed by atoms with Gasteiger partial charge in [-0.15, -0.1) is 11.3 Å². The van der Waals surface area contributed by atoms with Crippen LogP contribution in [0.3, 0.4) is 0 Å². The van der Waals surface area contributed by atoms with Gasteiger partial charge in [0.15, 0.2) is 5.11 Å². The lowest BCUT2D eigenvalue weighted by atomic mass is 10.0. The van der Waals surface area contributed by atoms with E-state index in [2.05, 4.69) is 21.3 Å². The van der Waals surface area contributed by atoms with Crippen LogP contribution in [0, 0.1) is 0 Å². The highest BCUT2D eigenvalue weighted by atomic mass is 32.1. The molecule has 0 aliphatic carbocycles. The second-order valence-corrected chi connectivity index (χ2v) is 6.53. The Morgan fingerprint density at radius 2 is 2.30 bits per heavy atom. The Hall–Kier alpha value is -1.99. The van der Waals surface area contributed by atoms with Crippen LogP contribution in [0.25, 0.3) is 0 Å². The van der Waals surface area contributed by atoms with Crippen LogP contribution in [0.1, 0.15) is 29.1 Å². The van der Waals surface area contributed by atoms with Crippen LogP contribution in [0.4, 0.5) is 0 Å². The van der Waals surface area contributed by atoms with E-state index in [9.17, 15) is 4.79 Å². The number of ether oxygens (including phenoxy) is 1. The number of nitrogens with zero attached hydrogens (tertiary/aromatic N) is 2. The van der Waals surface area contributed by atoms with E-state index in [-0.39, 0.29) is 18.1 Å². The predicted molar refractivity (Wildman–Crippen MR) is 93.1 cm³/mol. The molecule has 23 heavy (non-hydrogen) atoms. The molecule has 3 heterocycles. The minimum atomic E-state index is -0.237. The van der Waals surface area contributed by atoms with Crippen LogP contribution in [-0.2, 0) is 9.53 Å². The Labute approximate surface area is 144 Å². The lowest BCUT2D eigenvalue weighted by Crippen LogP contribution is -2.31. The summed E-state index contributed by atoms with van der Waals surface area (Å²) < 4.78 is 4.74. The van der Waals surface area contributed by atoms with Gasteiger partial charge in [-0.2, -0.15) is 0 Å². The number of methoxy groups -OCH3 is 1. The number of thiocarbonyl (C=S) groups is 1. The number of thiophene rings is 1. The molecule has 2 atom stereocenters. The molecule has 0 radical (unpaired) electrons. The van der Waals surface area contributed by atoms with Crippen molar-refractivity contribution in [3.05, 3.63) is 52.5 Å². The van der Waals surface area contributed by atoms with Gasteiger partial charge in [-0.3, -0.25) is 9.78 Å². The number of aromatic nitrogens is 1. The van der Waals surface area contributed by atoms with Gasteiger partial charge >= 0.3 is 5.97 Å². The fraction of sp³-hybridized carbons (Fsp3) is 0.312. The van der Waals surface area contributed by atoms with Crippen molar-refractivity contribution in [1.82, 2.24) is 15.2 Å². The summed E-state index contributed by atoms with van der Waals surface area (Å²) in [4.78, 5) is 19.2. The van der Waals surface area contributed by atoms with Gasteiger partial charge in [0, 0.05) is 17.6 Å². The van der Waals surface area contributed by atoms with Crippen molar-refractivity contribution in [3.63, 3.8) is 0 Å². The summed E-state index contributed by atoms with van der Waals surface area (Å²) in [6.07, 6.45) is 2.08. The first-order valence-corrected chi connectivity index (χ1v) is 8.58. The zero-order valence-electron chi connectivity index (χ0n) is 12.6. The highest BCUT2D eigenvalue weighted by Crippen LogP contribution is 2.40. The van der Waals surface area contributed by atoms with Gasteiger partial charge in [-0.05, 0) is 35.8 Å². The molecule has 7 heteroatoms. The monoisotopic (exact) mass is 347 g/mol. The summed E-state index contributed by atoms with van der Waals surface area (Å²) in [6, 6.07) is 9.97. The predicted octanol–water partition coefficient (Wildman–Crippen LogP) is 2.68. The van der Waals surface area contributed by atoms with Crippen LogP contribution in [0.2, 0.25) is 0 Å². The Morgan fingerprint density at radius 3 is 2.96 bits per heavy atom. The molecule has 0 bridgehead atoms. The van der Waals surface area contributed by atoms with Gasteiger partial charge in [0.1, 0.15) is 0 Å². The minimum Gasteiger partial charge on any atom is -0.469 e. The van der Waals surface area contributed by atoms with Crippen LogP contribution in [-0.4, -0.2) is 34.6 Å². The lowest BCUT2D eigenvalue weighted by molar-refractivity contribution is -0.140. The standard InChI is InChI=1S/C16H17N3O2S2/c1-21-13(20)7-9-19-15(12-6-4-10-23-12)14(18-16(19)22)11-5-2-3-8-17-11/h2-6,8,10,14-15H,7,9H2,1H3,(H,18,22)/t14-,15-/m0/s1. The van der Waals surface area contributed by atoms with Gasteiger partial charge in [-0.1, -0.05) is 12.1 Å². The molecule has 1 aliphatic rings. The number of rotatable bonds is 5. The number of carbonyl (C=O) groups is 1. The van der Waals surface area contributed by atoms with Crippen LogP contribution in [0.15, 0.2) is 41.9 Å². The molecular formula is C16H17N3O2S2. The average Bonchev–Trinajstić information content (AvgIpc) is 3.21.